The number of benzene rings is 1. The molecule has 2 rings (SSSR count). The number of ether oxygens (including phenoxy) is 1. The number of β-amino-alcohol motifs (C(OH)–C–C–N with tert-alkyl or cyclic N) is 1. The molecule has 0 aliphatic carbocycles. The van der Waals surface area contributed by atoms with Gasteiger partial charge < -0.3 is 15.2 Å². The number of nitrogens with one attached hydrogen (secondary N) is 1. The van der Waals surface area contributed by atoms with Crippen molar-refractivity contribution < 1.29 is 14.6 Å². The van der Waals surface area contributed by atoms with Gasteiger partial charge in [0.15, 0.2) is 0 Å². The molecule has 24 heavy (non-hydrogen) atoms. The van der Waals surface area contributed by atoms with E-state index in [4.69, 9.17) is 4.74 Å². The molecule has 1 aromatic rings. The zero-order valence-electron chi connectivity index (χ0n) is 15.1. The quantitative estimate of drug-likeness (QED) is 0.869. The number of piperidine rings is 1. The Morgan fingerprint density at radius 2 is 1.92 bits per heavy atom. The first-order valence-corrected chi connectivity index (χ1v) is 8.82. The molecule has 1 aliphatic rings. The Morgan fingerprint density at radius 3 is 2.46 bits per heavy atom. The minimum absolute atomic E-state index is 0.161. The van der Waals surface area contributed by atoms with Crippen molar-refractivity contribution in [2.75, 3.05) is 13.1 Å². The Morgan fingerprint density at radius 1 is 1.25 bits per heavy atom. The second kappa shape index (κ2) is 8.49. The Kier molecular flexibility index (Phi) is 6.63. The van der Waals surface area contributed by atoms with Gasteiger partial charge in [-0.1, -0.05) is 44.2 Å². The Labute approximate surface area is 145 Å². The van der Waals surface area contributed by atoms with E-state index < -0.39 is 12.2 Å². The molecule has 0 radical (unpaired) electrons. The Bertz CT molecular complexity index is 519. The number of rotatable bonds is 5. The lowest BCUT2D eigenvalue weighted by molar-refractivity contribution is 0.00743. The predicted octanol–water partition coefficient (Wildman–Crippen LogP) is 2.95. The standard InChI is InChI=1S/C19H30N2O3/c1-13(2)18(15-8-6-5-7-9-15)21-11-10-16(17(22)12-21)20-19(23)24-14(3)4/h5-9,13-14,16-18,22H,10-12H2,1-4H3,(H,20,23). The lowest BCUT2D eigenvalue weighted by Gasteiger charge is -2.42. The number of hydrogen-bond acceptors (Lipinski definition) is 4. The van der Waals surface area contributed by atoms with Gasteiger partial charge in [-0.05, 0) is 31.7 Å². The summed E-state index contributed by atoms with van der Waals surface area (Å²) in [5.41, 5.74) is 1.27. The van der Waals surface area contributed by atoms with E-state index in [-0.39, 0.29) is 18.2 Å². The zero-order chi connectivity index (χ0) is 17.7. The van der Waals surface area contributed by atoms with Crippen molar-refractivity contribution in [1.29, 1.82) is 0 Å². The number of likely N-dealkylation sites (tertiary alicyclic amines) is 1. The van der Waals surface area contributed by atoms with Gasteiger partial charge in [-0.15, -0.1) is 0 Å². The van der Waals surface area contributed by atoms with Crippen LogP contribution in [0.1, 0.15) is 45.7 Å². The van der Waals surface area contributed by atoms with Gasteiger partial charge in [-0.25, -0.2) is 4.79 Å². The molecular weight excluding hydrogens is 304 g/mol. The van der Waals surface area contributed by atoms with E-state index in [2.05, 4.69) is 48.3 Å². The fraction of sp³-hybridized carbons (Fsp3) is 0.632. The van der Waals surface area contributed by atoms with Crippen LogP contribution in [0.5, 0.6) is 0 Å². The van der Waals surface area contributed by atoms with Crippen LogP contribution in [0.15, 0.2) is 30.3 Å². The highest BCUT2D eigenvalue weighted by Crippen LogP contribution is 2.31. The summed E-state index contributed by atoms with van der Waals surface area (Å²) < 4.78 is 5.11. The summed E-state index contributed by atoms with van der Waals surface area (Å²) in [5.74, 6) is 0.440. The third kappa shape index (κ3) is 4.95. The van der Waals surface area contributed by atoms with Crippen molar-refractivity contribution in [2.45, 2.75) is 58.4 Å². The van der Waals surface area contributed by atoms with Gasteiger partial charge in [0.25, 0.3) is 0 Å². The first-order chi connectivity index (χ1) is 11.4. The van der Waals surface area contributed by atoms with Gasteiger partial charge >= 0.3 is 6.09 Å². The fourth-order valence-electron chi connectivity index (χ4n) is 3.44. The summed E-state index contributed by atoms with van der Waals surface area (Å²) in [7, 11) is 0. The van der Waals surface area contributed by atoms with Crippen LogP contribution in [-0.4, -0.2) is 47.4 Å². The minimum Gasteiger partial charge on any atom is -0.447 e. The van der Waals surface area contributed by atoms with E-state index in [0.29, 0.717) is 18.9 Å². The molecule has 2 N–H and O–H groups in total. The molecule has 134 valence electrons. The van der Waals surface area contributed by atoms with Gasteiger partial charge in [0.05, 0.1) is 18.2 Å². The van der Waals surface area contributed by atoms with E-state index in [9.17, 15) is 9.90 Å². The smallest absolute Gasteiger partial charge is 0.407 e. The second-order valence-corrected chi connectivity index (χ2v) is 7.16. The summed E-state index contributed by atoms with van der Waals surface area (Å²) >= 11 is 0. The maximum atomic E-state index is 11.8. The zero-order valence-corrected chi connectivity index (χ0v) is 15.1. The maximum absolute atomic E-state index is 11.8. The first kappa shape index (κ1) is 18.7. The van der Waals surface area contributed by atoms with Crippen LogP contribution < -0.4 is 5.32 Å². The molecule has 1 saturated heterocycles. The molecule has 5 nitrogen and oxygen atoms in total. The number of carbonyl (C=O) groups excluding carboxylic acids is 1. The molecule has 3 unspecified atom stereocenters. The van der Waals surface area contributed by atoms with E-state index >= 15 is 0 Å². The van der Waals surface area contributed by atoms with Crippen molar-refractivity contribution in [1.82, 2.24) is 10.2 Å². The molecule has 1 aliphatic heterocycles. The number of carbonyl (C=O) groups is 1. The van der Waals surface area contributed by atoms with Crippen molar-refractivity contribution in [2.24, 2.45) is 5.92 Å². The number of hydrogen-bond donors (Lipinski definition) is 2. The number of aliphatic hydroxyl groups excluding tert-OH is 1. The summed E-state index contributed by atoms with van der Waals surface area (Å²) in [6.07, 6.45) is -0.496. The molecule has 1 aromatic carbocycles. The van der Waals surface area contributed by atoms with Gasteiger partial charge in [-0.3, -0.25) is 4.90 Å². The maximum Gasteiger partial charge on any atom is 0.407 e. The van der Waals surface area contributed by atoms with Crippen molar-refractivity contribution >= 4 is 6.09 Å². The lowest BCUT2D eigenvalue weighted by Crippen LogP contribution is -2.55. The normalized spacial score (nSPS) is 23.3. The van der Waals surface area contributed by atoms with E-state index in [1.54, 1.807) is 0 Å². The lowest BCUT2D eigenvalue weighted by atomic mass is 9.91. The van der Waals surface area contributed by atoms with Gasteiger partial charge in [0.1, 0.15) is 0 Å². The molecule has 0 spiro atoms. The van der Waals surface area contributed by atoms with Crippen LogP contribution in [0.4, 0.5) is 4.79 Å². The van der Waals surface area contributed by atoms with Crippen LogP contribution in [0.25, 0.3) is 0 Å². The van der Waals surface area contributed by atoms with Crippen LogP contribution >= 0.6 is 0 Å². The molecule has 0 bridgehead atoms. The molecule has 0 aromatic heterocycles. The van der Waals surface area contributed by atoms with E-state index in [1.165, 1.54) is 5.56 Å². The number of nitrogens with zero attached hydrogens (tertiary/aromatic N) is 1. The average Bonchev–Trinajstić information content (AvgIpc) is 2.50. The minimum atomic E-state index is -0.594. The van der Waals surface area contributed by atoms with Crippen molar-refractivity contribution in [3.63, 3.8) is 0 Å². The monoisotopic (exact) mass is 334 g/mol. The Balaban J connectivity index is 1.99. The van der Waals surface area contributed by atoms with Crippen LogP contribution in [0.3, 0.4) is 0 Å². The van der Waals surface area contributed by atoms with Gasteiger partial charge in [0.2, 0.25) is 0 Å². The van der Waals surface area contributed by atoms with Crippen LogP contribution in [0.2, 0.25) is 0 Å². The van der Waals surface area contributed by atoms with Crippen molar-refractivity contribution in [3.05, 3.63) is 35.9 Å². The molecule has 3 atom stereocenters. The second-order valence-electron chi connectivity index (χ2n) is 7.16. The van der Waals surface area contributed by atoms with Crippen LogP contribution in [0, 0.1) is 5.92 Å². The third-order valence-corrected chi connectivity index (χ3v) is 4.43. The van der Waals surface area contributed by atoms with Crippen molar-refractivity contribution in [3.8, 4) is 0 Å². The highest BCUT2D eigenvalue weighted by Gasteiger charge is 2.34. The number of alkyl carbamates (subject to hydrolysis) is 1. The average molecular weight is 334 g/mol. The summed E-state index contributed by atoms with van der Waals surface area (Å²) in [6.45, 7) is 9.41. The largest absolute Gasteiger partial charge is 0.447 e. The topological polar surface area (TPSA) is 61.8 Å². The molecular formula is C19H30N2O3. The Hall–Kier alpha value is -1.59. The summed E-state index contributed by atoms with van der Waals surface area (Å²) in [4.78, 5) is 14.1. The summed E-state index contributed by atoms with van der Waals surface area (Å²) in [6, 6.07) is 10.4. The van der Waals surface area contributed by atoms with Crippen LogP contribution in [-0.2, 0) is 4.74 Å². The molecule has 1 amide bonds. The fourth-order valence-corrected chi connectivity index (χ4v) is 3.44. The molecule has 1 fully saturated rings. The van der Waals surface area contributed by atoms with E-state index in [0.717, 1.165) is 6.54 Å². The number of aliphatic hydroxyl groups is 1. The molecule has 0 saturated carbocycles. The molecule has 5 heteroatoms. The highest BCUT2D eigenvalue weighted by molar-refractivity contribution is 5.67. The predicted molar refractivity (Wildman–Crippen MR) is 94.8 cm³/mol. The van der Waals surface area contributed by atoms with Gasteiger partial charge in [0, 0.05) is 19.1 Å². The SMILES string of the molecule is CC(C)OC(=O)NC1CCN(C(c2ccccc2)C(C)C)CC1O. The first-order valence-electron chi connectivity index (χ1n) is 8.82. The van der Waals surface area contributed by atoms with Gasteiger partial charge in [-0.2, -0.15) is 0 Å². The van der Waals surface area contributed by atoms with E-state index in [1.807, 2.05) is 19.9 Å². The molecule has 1 heterocycles. The third-order valence-electron chi connectivity index (χ3n) is 4.43. The highest BCUT2D eigenvalue weighted by atomic mass is 16.6. The summed E-state index contributed by atoms with van der Waals surface area (Å²) in [5, 5.41) is 13.3. The number of amides is 1.